The van der Waals surface area contributed by atoms with E-state index in [1.165, 1.54) is 6.20 Å². The van der Waals surface area contributed by atoms with Crippen LogP contribution in [0.1, 0.15) is 11.3 Å². The van der Waals surface area contributed by atoms with Crippen molar-refractivity contribution in [1.82, 2.24) is 10.1 Å². The van der Waals surface area contributed by atoms with E-state index in [2.05, 4.69) is 14.9 Å². The van der Waals surface area contributed by atoms with Crippen molar-refractivity contribution in [3.05, 3.63) is 35.7 Å². The van der Waals surface area contributed by atoms with Crippen LogP contribution >= 0.6 is 0 Å². The van der Waals surface area contributed by atoms with E-state index in [1.54, 1.807) is 32.0 Å². The van der Waals surface area contributed by atoms with Crippen LogP contribution < -0.4 is 10.5 Å². The van der Waals surface area contributed by atoms with Crippen molar-refractivity contribution >= 4 is 32.5 Å². The molecular weight excluding hydrogens is 292 g/mol. The molecule has 0 fully saturated rings. The molecule has 3 rings (SSSR count). The third-order valence-electron chi connectivity index (χ3n) is 3.34. The maximum atomic E-state index is 12.5. The predicted molar refractivity (Wildman–Crippen MR) is 79.5 cm³/mol. The lowest BCUT2D eigenvalue weighted by Crippen LogP contribution is -2.12. The first-order chi connectivity index (χ1) is 9.88. The van der Waals surface area contributed by atoms with Crippen LogP contribution in [0.15, 0.2) is 33.8 Å². The molecule has 0 aliphatic rings. The summed E-state index contributed by atoms with van der Waals surface area (Å²) in [4.78, 5) is 3.03. The molecule has 110 valence electrons. The number of H-pyrrole nitrogens is 1. The molecule has 0 aliphatic carbocycles. The van der Waals surface area contributed by atoms with Gasteiger partial charge in [0.15, 0.2) is 0 Å². The van der Waals surface area contributed by atoms with Crippen molar-refractivity contribution in [1.29, 1.82) is 0 Å². The average molecular weight is 306 g/mol. The third-order valence-corrected chi connectivity index (χ3v) is 4.71. The minimum Gasteiger partial charge on any atom is -0.399 e. The van der Waals surface area contributed by atoms with Gasteiger partial charge in [0.25, 0.3) is 10.0 Å². The molecule has 0 unspecified atom stereocenters. The minimum absolute atomic E-state index is 0.122. The Kier molecular flexibility index (Phi) is 2.91. The van der Waals surface area contributed by atoms with Crippen LogP contribution in [0.3, 0.4) is 0 Å². The summed E-state index contributed by atoms with van der Waals surface area (Å²) in [5, 5.41) is 4.29. The highest BCUT2D eigenvalue weighted by molar-refractivity contribution is 7.93. The van der Waals surface area contributed by atoms with Gasteiger partial charge in [0, 0.05) is 28.4 Å². The Morgan fingerprint density at radius 3 is 2.76 bits per heavy atom. The number of nitrogens with two attached hydrogens (primary N) is 1. The maximum Gasteiger partial charge on any atom is 0.266 e. The van der Waals surface area contributed by atoms with E-state index in [0.717, 1.165) is 0 Å². The molecule has 2 heterocycles. The molecule has 4 N–H and O–H groups in total. The Hall–Kier alpha value is -2.48. The molecule has 0 saturated heterocycles. The second-order valence-corrected chi connectivity index (χ2v) is 6.44. The van der Waals surface area contributed by atoms with Gasteiger partial charge in [-0.1, -0.05) is 5.16 Å². The van der Waals surface area contributed by atoms with Crippen molar-refractivity contribution in [2.75, 3.05) is 10.5 Å². The third kappa shape index (κ3) is 2.23. The number of rotatable bonds is 3. The SMILES string of the molecule is Cc1noc(NS(=O)(=O)c2c[nH]c3cc(N)ccc23)c1C. The van der Waals surface area contributed by atoms with Gasteiger partial charge < -0.3 is 15.2 Å². The van der Waals surface area contributed by atoms with Gasteiger partial charge in [0.05, 0.1) is 5.69 Å². The number of aromatic nitrogens is 2. The topological polar surface area (TPSA) is 114 Å². The first-order valence-corrected chi connectivity index (χ1v) is 7.69. The number of fused-ring (bicyclic) bond motifs is 1. The zero-order valence-electron chi connectivity index (χ0n) is 11.5. The summed E-state index contributed by atoms with van der Waals surface area (Å²) in [5.74, 6) is 0.122. The molecule has 21 heavy (non-hydrogen) atoms. The van der Waals surface area contributed by atoms with Crippen molar-refractivity contribution in [2.24, 2.45) is 0 Å². The average Bonchev–Trinajstić information content (AvgIpc) is 2.97. The molecule has 0 atom stereocenters. The van der Waals surface area contributed by atoms with Gasteiger partial charge in [-0.2, -0.15) is 0 Å². The van der Waals surface area contributed by atoms with Crippen molar-refractivity contribution in [2.45, 2.75) is 18.7 Å². The quantitative estimate of drug-likeness (QED) is 0.641. The number of sulfonamides is 1. The van der Waals surface area contributed by atoms with Gasteiger partial charge in [-0.25, -0.2) is 13.1 Å². The molecule has 1 aromatic carbocycles. The number of benzene rings is 1. The van der Waals surface area contributed by atoms with Gasteiger partial charge in [-0.05, 0) is 32.0 Å². The fourth-order valence-corrected chi connectivity index (χ4v) is 3.25. The zero-order valence-corrected chi connectivity index (χ0v) is 12.3. The Morgan fingerprint density at radius 1 is 1.33 bits per heavy atom. The highest BCUT2D eigenvalue weighted by Gasteiger charge is 2.22. The van der Waals surface area contributed by atoms with Gasteiger partial charge in [-0.3, -0.25) is 0 Å². The zero-order chi connectivity index (χ0) is 15.2. The number of nitrogens with zero attached hydrogens (tertiary/aromatic N) is 1. The summed E-state index contributed by atoms with van der Waals surface area (Å²) in [7, 11) is -3.77. The number of hydrogen-bond acceptors (Lipinski definition) is 5. The van der Waals surface area contributed by atoms with Crippen LogP contribution in [-0.4, -0.2) is 18.6 Å². The molecular formula is C13H14N4O3S. The largest absolute Gasteiger partial charge is 0.399 e. The van der Waals surface area contributed by atoms with Gasteiger partial charge in [0.1, 0.15) is 4.90 Å². The smallest absolute Gasteiger partial charge is 0.266 e. The second kappa shape index (κ2) is 4.52. The standard InChI is InChI=1S/C13H14N4O3S/c1-7-8(2)16-20-13(7)17-21(18,19)12-6-15-11-5-9(14)3-4-10(11)12/h3-6,15,17H,14H2,1-2H3. The highest BCUT2D eigenvalue weighted by Crippen LogP contribution is 2.27. The van der Waals surface area contributed by atoms with Crippen LogP contribution in [-0.2, 0) is 10.0 Å². The molecule has 0 saturated carbocycles. The number of aromatic amines is 1. The molecule has 0 spiro atoms. The molecule has 8 heteroatoms. The fourth-order valence-electron chi connectivity index (χ4n) is 2.03. The lowest BCUT2D eigenvalue weighted by Gasteiger charge is -2.04. The van der Waals surface area contributed by atoms with E-state index < -0.39 is 10.0 Å². The van der Waals surface area contributed by atoms with Crippen LogP contribution in [0.4, 0.5) is 11.6 Å². The Bertz CT molecular complexity index is 924. The van der Waals surface area contributed by atoms with E-state index in [0.29, 0.717) is 27.8 Å². The summed E-state index contributed by atoms with van der Waals surface area (Å²) >= 11 is 0. The Morgan fingerprint density at radius 2 is 2.10 bits per heavy atom. The van der Waals surface area contributed by atoms with E-state index >= 15 is 0 Å². The Balaban J connectivity index is 2.06. The van der Waals surface area contributed by atoms with Gasteiger partial charge in [0.2, 0.25) is 5.88 Å². The normalized spacial score (nSPS) is 11.9. The molecule has 0 aliphatic heterocycles. The predicted octanol–water partition coefficient (Wildman–Crippen LogP) is 2.16. The van der Waals surface area contributed by atoms with Crippen molar-refractivity contribution in [3.63, 3.8) is 0 Å². The van der Waals surface area contributed by atoms with E-state index in [4.69, 9.17) is 10.3 Å². The number of anilines is 2. The van der Waals surface area contributed by atoms with Gasteiger partial charge >= 0.3 is 0 Å². The number of nitrogens with one attached hydrogen (secondary N) is 2. The molecule has 2 aromatic heterocycles. The molecule has 0 amide bonds. The summed E-state index contributed by atoms with van der Waals surface area (Å²) in [6, 6.07) is 4.99. The lowest BCUT2D eigenvalue weighted by molar-refractivity contribution is 0.430. The summed E-state index contributed by atoms with van der Waals surface area (Å²) in [6.07, 6.45) is 1.42. The summed E-state index contributed by atoms with van der Waals surface area (Å²) in [5.41, 5.74) is 8.19. The van der Waals surface area contributed by atoms with Crippen LogP contribution in [0.25, 0.3) is 10.9 Å². The number of aryl methyl sites for hydroxylation is 1. The van der Waals surface area contributed by atoms with E-state index in [1.807, 2.05) is 0 Å². The maximum absolute atomic E-state index is 12.5. The molecule has 3 aromatic rings. The van der Waals surface area contributed by atoms with E-state index in [-0.39, 0.29) is 10.8 Å². The minimum atomic E-state index is -3.77. The van der Waals surface area contributed by atoms with Crippen LogP contribution in [0.2, 0.25) is 0 Å². The van der Waals surface area contributed by atoms with Crippen molar-refractivity contribution in [3.8, 4) is 0 Å². The van der Waals surface area contributed by atoms with E-state index in [9.17, 15) is 8.42 Å². The second-order valence-electron chi connectivity index (χ2n) is 4.79. The molecule has 0 radical (unpaired) electrons. The number of nitrogen functional groups attached to an aromatic ring is 1. The fraction of sp³-hybridized carbons (Fsp3) is 0.154. The highest BCUT2D eigenvalue weighted by atomic mass is 32.2. The monoisotopic (exact) mass is 306 g/mol. The first-order valence-electron chi connectivity index (χ1n) is 6.21. The molecule has 0 bridgehead atoms. The van der Waals surface area contributed by atoms with Gasteiger partial charge in [-0.15, -0.1) is 0 Å². The summed E-state index contributed by atoms with van der Waals surface area (Å²) in [6.45, 7) is 3.48. The first kappa shape index (κ1) is 13.5. The number of hydrogen-bond donors (Lipinski definition) is 3. The Labute approximate surface area is 121 Å². The summed E-state index contributed by atoms with van der Waals surface area (Å²) < 4.78 is 32.3. The van der Waals surface area contributed by atoms with Crippen LogP contribution in [0.5, 0.6) is 0 Å². The van der Waals surface area contributed by atoms with Crippen LogP contribution in [0, 0.1) is 13.8 Å². The van der Waals surface area contributed by atoms with Crippen molar-refractivity contribution < 1.29 is 12.9 Å². The molecule has 7 nitrogen and oxygen atoms in total. The lowest BCUT2D eigenvalue weighted by atomic mass is 10.2.